The lowest BCUT2D eigenvalue weighted by Gasteiger charge is -2.17. The number of carbonyl (C=O) groups is 1. The van der Waals surface area contributed by atoms with Crippen LogP contribution in [0.3, 0.4) is 0 Å². The van der Waals surface area contributed by atoms with Crippen LogP contribution in [0.1, 0.15) is 5.56 Å². The zero-order valence-electron chi connectivity index (χ0n) is 13.3. The van der Waals surface area contributed by atoms with Crippen molar-refractivity contribution in [2.45, 2.75) is 0 Å². The lowest BCUT2D eigenvalue weighted by molar-refractivity contribution is -0.113. The average Bonchev–Trinajstić information content (AvgIpc) is 3.26. The molecule has 4 rings (SSSR count). The predicted molar refractivity (Wildman–Crippen MR) is 101 cm³/mol. The molecule has 0 saturated carbocycles. The second-order valence-corrected chi connectivity index (χ2v) is 6.33. The first-order valence-corrected chi connectivity index (χ1v) is 8.38. The Labute approximate surface area is 159 Å². The molecular formula is C18H11Cl2N5O. The molecule has 1 aliphatic heterocycles. The van der Waals surface area contributed by atoms with Crippen LogP contribution < -0.4 is 4.90 Å². The number of nitrogens with zero attached hydrogens (tertiary/aromatic N) is 5. The molecule has 0 bridgehead atoms. The fraction of sp³-hybridized carbons (Fsp3) is 0. The minimum atomic E-state index is -0.285. The van der Waals surface area contributed by atoms with E-state index in [0.29, 0.717) is 21.7 Å². The van der Waals surface area contributed by atoms with E-state index in [1.807, 2.05) is 12.1 Å². The molecule has 0 N–H and O–H groups in total. The van der Waals surface area contributed by atoms with Crippen molar-refractivity contribution >= 4 is 46.8 Å². The first-order valence-electron chi connectivity index (χ1n) is 7.63. The quantitative estimate of drug-likeness (QED) is 0.630. The number of halogens is 2. The van der Waals surface area contributed by atoms with E-state index in [1.54, 1.807) is 42.5 Å². The van der Waals surface area contributed by atoms with E-state index in [2.05, 4.69) is 15.1 Å². The number of hydrogen-bond donors (Lipinski definition) is 0. The van der Waals surface area contributed by atoms with Gasteiger partial charge in [-0.25, -0.2) is 14.9 Å². The highest BCUT2D eigenvalue weighted by molar-refractivity contribution is 6.32. The van der Waals surface area contributed by atoms with Gasteiger partial charge in [0.25, 0.3) is 5.91 Å². The fourth-order valence-corrected chi connectivity index (χ4v) is 2.85. The third-order valence-electron chi connectivity index (χ3n) is 3.71. The van der Waals surface area contributed by atoms with Crippen molar-refractivity contribution in [3.63, 3.8) is 0 Å². The maximum atomic E-state index is 13.0. The summed E-state index contributed by atoms with van der Waals surface area (Å²) in [6, 6.07) is 14.1. The maximum Gasteiger partial charge on any atom is 0.283 e. The van der Waals surface area contributed by atoms with Crippen LogP contribution in [-0.4, -0.2) is 26.6 Å². The second-order valence-electron chi connectivity index (χ2n) is 5.45. The molecule has 0 unspecified atom stereocenters. The molecular weight excluding hydrogens is 373 g/mol. The van der Waals surface area contributed by atoms with Crippen LogP contribution >= 0.6 is 23.2 Å². The lowest BCUT2D eigenvalue weighted by atomic mass is 10.2. The number of aliphatic imine (C=N–C) groups is 1. The first kappa shape index (κ1) is 16.5. The molecule has 6 nitrogen and oxygen atoms in total. The minimum Gasteiger partial charge on any atom is -0.266 e. The van der Waals surface area contributed by atoms with Crippen molar-refractivity contribution in [3.05, 3.63) is 82.5 Å². The summed E-state index contributed by atoms with van der Waals surface area (Å²) in [7, 11) is 0. The largest absolute Gasteiger partial charge is 0.283 e. The van der Waals surface area contributed by atoms with E-state index in [1.165, 1.54) is 22.2 Å². The summed E-state index contributed by atoms with van der Waals surface area (Å²) < 4.78 is 1.43. The normalized spacial score (nSPS) is 15.6. The molecule has 2 aromatic carbocycles. The Hall–Kier alpha value is -2.96. The Morgan fingerprint density at radius 1 is 1.00 bits per heavy atom. The van der Waals surface area contributed by atoms with Crippen molar-refractivity contribution < 1.29 is 4.79 Å². The number of carbonyl (C=O) groups excluding carboxylic acids is 1. The van der Waals surface area contributed by atoms with E-state index in [-0.39, 0.29) is 11.6 Å². The number of amides is 1. The topological polar surface area (TPSA) is 63.4 Å². The second kappa shape index (κ2) is 6.74. The van der Waals surface area contributed by atoms with E-state index < -0.39 is 0 Å². The number of hydrogen-bond acceptors (Lipinski definition) is 4. The molecule has 3 aromatic rings. The Kier molecular flexibility index (Phi) is 4.28. The summed E-state index contributed by atoms with van der Waals surface area (Å²) in [4.78, 5) is 22.8. The Bertz CT molecular complexity index is 1030. The van der Waals surface area contributed by atoms with Crippen molar-refractivity contribution in [3.8, 4) is 0 Å². The van der Waals surface area contributed by atoms with Gasteiger partial charge in [-0.15, -0.1) is 0 Å². The molecule has 1 aliphatic rings. The first-order chi connectivity index (χ1) is 12.6. The van der Waals surface area contributed by atoms with Gasteiger partial charge in [0, 0.05) is 10.0 Å². The van der Waals surface area contributed by atoms with E-state index in [0.717, 1.165) is 5.56 Å². The van der Waals surface area contributed by atoms with Crippen LogP contribution in [0, 0.1) is 0 Å². The van der Waals surface area contributed by atoms with Gasteiger partial charge in [0.05, 0.1) is 5.69 Å². The smallest absolute Gasteiger partial charge is 0.266 e. The standard InChI is InChI=1S/C18H11Cl2N5O/c19-13-6-4-12(5-7-13)8-16-17(26)25(15-3-1-2-14(20)9-15)18(23-16)24-11-21-10-22-24/h1-11H/b16-8-. The summed E-state index contributed by atoms with van der Waals surface area (Å²) >= 11 is 12.0. The van der Waals surface area contributed by atoms with Crippen LogP contribution in [0.4, 0.5) is 5.69 Å². The molecule has 0 fully saturated rings. The molecule has 26 heavy (non-hydrogen) atoms. The van der Waals surface area contributed by atoms with E-state index >= 15 is 0 Å². The van der Waals surface area contributed by atoms with Gasteiger partial charge in [0.15, 0.2) is 0 Å². The summed E-state index contributed by atoms with van der Waals surface area (Å²) in [5.74, 6) is 0.0442. The number of benzene rings is 2. The van der Waals surface area contributed by atoms with Crippen LogP contribution in [0.2, 0.25) is 10.0 Å². The summed E-state index contributed by atoms with van der Waals surface area (Å²) in [5.41, 5.74) is 1.68. The zero-order valence-corrected chi connectivity index (χ0v) is 14.8. The molecule has 8 heteroatoms. The molecule has 128 valence electrons. The zero-order chi connectivity index (χ0) is 18.1. The Morgan fingerprint density at radius 2 is 1.81 bits per heavy atom. The lowest BCUT2D eigenvalue weighted by Crippen LogP contribution is -2.36. The molecule has 0 atom stereocenters. The van der Waals surface area contributed by atoms with Gasteiger partial charge >= 0.3 is 0 Å². The summed E-state index contributed by atoms with van der Waals surface area (Å²) in [6.45, 7) is 0. The highest BCUT2D eigenvalue weighted by Gasteiger charge is 2.33. The van der Waals surface area contributed by atoms with E-state index in [4.69, 9.17) is 23.2 Å². The SMILES string of the molecule is O=C1/C(=C/c2ccc(Cl)cc2)N=C(n2cncn2)N1c1cccc(Cl)c1. The van der Waals surface area contributed by atoms with Gasteiger partial charge in [0.2, 0.25) is 5.96 Å². The van der Waals surface area contributed by atoms with Crippen LogP contribution in [0.25, 0.3) is 6.08 Å². The molecule has 1 amide bonds. The van der Waals surface area contributed by atoms with Crippen molar-refractivity contribution in [2.24, 2.45) is 4.99 Å². The van der Waals surface area contributed by atoms with Crippen LogP contribution in [-0.2, 0) is 4.79 Å². The minimum absolute atomic E-state index is 0.276. The Balaban J connectivity index is 1.80. The highest BCUT2D eigenvalue weighted by Crippen LogP contribution is 2.27. The molecule has 0 aliphatic carbocycles. The fourth-order valence-electron chi connectivity index (χ4n) is 2.53. The molecule has 0 radical (unpaired) electrons. The monoisotopic (exact) mass is 383 g/mol. The summed E-state index contributed by atoms with van der Waals surface area (Å²) in [5, 5.41) is 5.23. The van der Waals surface area contributed by atoms with E-state index in [9.17, 15) is 4.79 Å². The number of rotatable bonds is 2. The average molecular weight is 384 g/mol. The third kappa shape index (κ3) is 3.12. The van der Waals surface area contributed by atoms with Crippen molar-refractivity contribution in [1.82, 2.24) is 14.8 Å². The molecule has 1 aromatic heterocycles. The van der Waals surface area contributed by atoms with Gasteiger partial charge in [-0.3, -0.25) is 4.79 Å². The molecule has 0 saturated heterocycles. The van der Waals surface area contributed by atoms with Gasteiger partial charge in [-0.1, -0.05) is 41.4 Å². The Morgan fingerprint density at radius 3 is 2.50 bits per heavy atom. The predicted octanol–water partition coefficient (Wildman–Crippen LogP) is 3.88. The maximum absolute atomic E-state index is 13.0. The summed E-state index contributed by atoms with van der Waals surface area (Å²) in [6.07, 6.45) is 4.55. The number of anilines is 1. The number of aromatic nitrogens is 3. The van der Waals surface area contributed by atoms with Crippen LogP contribution in [0.15, 0.2) is 71.9 Å². The van der Waals surface area contributed by atoms with Gasteiger partial charge in [-0.2, -0.15) is 9.78 Å². The van der Waals surface area contributed by atoms with Crippen molar-refractivity contribution in [1.29, 1.82) is 0 Å². The molecule has 0 spiro atoms. The van der Waals surface area contributed by atoms with Gasteiger partial charge < -0.3 is 0 Å². The van der Waals surface area contributed by atoms with Gasteiger partial charge in [-0.05, 0) is 42.0 Å². The van der Waals surface area contributed by atoms with Gasteiger partial charge in [0.1, 0.15) is 18.4 Å². The molecule has 2 heterocycles. The van der Waals surface area contributed by atoms with Crippen LogP contribution in [0.5, 0.6) is 0 Å². The highest BCUT2D eigenvalue weighted by atomic mass is 35.5. The third-order valence-corrected chi connectivity index (χ3v) is 4.19. The van der Waals surface area contributed by atoms with Crippen molar-refractivity contribution in [2.75, 3.05) is 4.90 Å².